The minimum atomic E-state index is -4.88. The van der Waals surface area contributed by atoms with Gasteiger partial charge in [-0.15, -0.1) is 0 Å². The summed E-state index contributed by atoms with van der Waals surface area (Å²) in [6, 6.07) is 2.63. The molecule has 1 saturated heterocycles. The van der Waals surface area contributed by atoms with Gasteiger partial charge in [-0.25, -0.2) is 19.3 Å². The van der Waals surface area contributed by atoms with Crippen molar-refractivity contribution >= 4 is 46.1 Å². The molecule has 0 unspecified atom stereocenters. The van der Waals surface area contributed by atoms with E-state index in [1.54, 1.807) is 17.2 Å². The molecule has 3 aliphatic heterocycles. The summed E-state index contributed by atoms with van der Waals surface area (Å²) >= 11 is 6.69. The Bertz CT molecular complexity index is 1940. The van der Waals surface area contributed by atoms with Crippen molar-refractivity contribution in [1.29, 1.82) is 0 Å². The second-order valence-electron chi connectivity index (χ2n) is 11.4. The van der Waals surface area contributed by atoms with Crippen LogP contribution in [0.3, 0.4) is 0 Å². The Kier molecular flexibility index (Phi) is 7.43. The highest BCUT2D eigenvalue weighted by atomic mass is 35.5. The number of alkyl halides is 3. The molecule has 1 aromatic carbocycles. The van der Waals surface area contributed by atoms with Crippen molar-refractivity contribution in [3.05, 3.63) is 69.5 Å². The fourth-order valence-corrected chi connectivity index (χ4v) is 6.79. The third kappa shape index (κ3) is 5.05. The third-order valence-electron chi connectivity index (χ3n) is 8.59. The summed E-state index contributed by atoms with van der Waals surface area (Å²) in [6.07, 6.45) is 2.11. The number of halogens is 5. The van der Waals surface area contributed by atoms with Gasteiger partial charge in [0.05, 0.1) is 39.0 Å². The minimum Gasteiger partial charge on any atom is -0.489 e. The van der Waals surface area contributed by atoms with E-state index in [0.717, 1.165) is 36.6 Å². The zero-order chi connectivity index (χ0) is 32.3. The minimum absolute atomic E-state index is 0.0152. The number of pyridine rings is 2. The average Bonchev–Trinajstić information content (AvgIpc) is 3.19. The van der Waals surface area contributed by atoms with Gasteiger partial charge in [-0.2, -0.15) is 13.2 Å². The first-order valence-electron chi connectivity index (χ1n) is 14.6. The number of hydrogen-bond acceptors (Lipinski definition) is 9. The summed E-state index contributed by atoms with van der Waals surface area (Å²) in [7, 11) is 0. The van der Waals surface area contributed by atoms with Crippen LogP contribution in [-0.4, -0.2) is 69.6 Å². The first-order valence-corrected chi connectivity index (χ1v) is 14.9. The van der Waals surface area contributed by atoms with Gasteiger partial charge in [0.1, 0.15) is 30.1 Å². The van der Waals surface area contributed by atoms with Crippen LogP contribution in [0, 0.1) is 12.7 Å². The number of carbonyl (C=O) groups is 1. The van der Waals surface area contributed by atoms with E-state index in [-0.39, 0.29) is 47.1 Å². The zero-order valence-electron chi connectivity index (χ0n) is 24.5. The number of hydrogen-bond donors (Lipinski definition) is 2. The van der Waals surface area contributed by atoms with Gasteiger partial charge in [-0.1, -0.05) is 11.6 Å². The summed E-state index contributed by atoms with van der Waals surface area (Å²) in [6.45, 7) is 3.67. The van der Waals surface area contributed by atoms with Crippen molar-refractivity contribution in [2.24, 2.45) is 0 Å². The number of carbonyl (C=O) groups excluding carboxylic acids is 1. The summed E-state index contributed by atoms with van der Waals surface area (Å²) in [4.78, 5) is 33.7. The van der Waals surface area contributed by atoms with Gasteiger partial charge in [0.2, 0.25) is 5.91 Å². The van der Waals surface area contributed by atoms with Crippen molar-refractivity contribution in [1.82, 2.24) is 30.2 Å². The normalized spacial score (nSPS) is 17.9. The van der Waals surface area contributed by atoms with E-state index in [1.807, 2.05) is 11.0 Å². The number of aryl methyl sites for hydroxylation is 1. The van der Waals surface area contributed by atoms with Gasteiger partial charge in [0, 0.05) is 38.5 Å². The molecule has 3 aromatic heterocycles. The molecule has 0 spiro atoms. The number of nitrogen functional groups attached to an aromatic ring is 1. The van der Waals surface area contributed by atoms with E-state index in [2.05, 4.69) is 25.3 Å². The van der Waals surface area contributed by atoms with Crippen LogP contribution in [0.1, 0.15) is 27.9 Å². The van der Waals surface area contributed by atoms with Crippen LogP contribution in [-0.2, 0) is 23.9 Å². The van der Waals surface area contributed by atoms with Crippen LogP contribution < -0.4 is 20.7 Å². The number of amides is 1. The van der Waals surface area contributed by atoms with Gasteiger partial charge in [-0.3, -0.25) is 9.78 Å². The zero-order valence-corrected chi connectivity index (χ0v) is 25.2. The maximum atomic E-state index is 16.3. The van der Waals surface area contributed by atoms with E-state index in [1.165, 1.54) is 18.6 Å². The number of nitrogens with zero attached hydrogens (tertiary/aromatic N) is 6. The molecule has 0 saturated carbocycles. The second-order valence-corrected chi connectivity index (χ2v) is 11.8. The summed E-state index contributed by atoms with van der Waals surface area (Å²) in [5.74, 6) is -1.33. The predicted octanol–water partition coefficient (Wildman–Crippen LogP) is 4.56. The number of aromatic nitrogens is 4. The third-order valence-corrected chi connectivity index (χ3v) is 8.95. The molecular formula is C31H27ClF4N8O2. The topological polar surface area (TPSA) is 122 Å². The molecule has 1 atom stereocenters. The van der Waals surface area contributed by atoms with E-state index in [0.29, 0.717) is 25.5 Å². The van der Waals surface area contributed by atoms with E-state index in [9.17, 15) is 18.0 Å². The average molecular weight is 655 g/mol. The molecule has 1 amide bonds. The maximum absolute atomic E-state index is 16.3. The highest BCUT2D eigenvalue weighted by Gasteiger charge is 2.41. The summed E-state index contributed by atoms with van der Waals surface area (Å²) < 4.78 is 65.0. The highest BCUT2D eigenvalue weighted by Crippen LogP contribution is 2.50. The lowest BCUT2D eigenvalue weighted by atomic mass is 9.98. The molecule has 15 heteroatoms. The number of nitrogens with two attached hydrogens (primary N) is 1. The van der Waals surface area contributed by atoms with E-state index >= 15 is 4.39 Å². The number of ether oxygens (including phenoxy) is 1. The van der Waals surface area contributed by atoms with E-state index < -0.39 is 39.9 Å². The Morgan fingerprint density at radius 2 is 2.07 bits per heavy atom. The van der Waals surface area contributed by atoms with Crippen LogP contribution in [0.4, 0.5) is 29.2 Å². The Morgan fingerprint density at radius 1 is 1.24 bits per heavy atom. The maximum Gasteiger partial charge on any atom is 0.418 e. The first-order chi connectivity index (χ1) is 22.0. The number of anilines is 2. The number of fused-ring (bicyclic) bond motifs is 3. The molecule has 0 aliphatic carbocycles. The molecule has 6 heterocycles. The SMILES string of the molecule is Cc1cc(N)nc(-c2c(Cl)c3c4c(ncnc4c2F)N2CCN(C(=O)/C=C/c4nccc5c4CNCC5)C[C@H]2CO3)c1C(F)(F)F. The largest absolute Gasteiger partial charge is 0.489 e. The van der Waals surface area contributed by atoms with Crippen LogP contribution in [0.2, 0.25) is 5.02 Å². The monoisotopic (exact) mass is 654 g/mol. The van der Waals surface area contributed by atoms with Crippen LogP contribution in [0.5, 0.6) is 5.75 Å². The van der Waals surface area contributed by atoms with Crippen molar-refractivity contribution in [3.63, 3.8) is 0 Å². The molecule has 10 nitrogen and oxygen atoms in total. The number of nitrogens with one attached hydrogen (secondary N) is 1. The highest BCUT2D eigenvalue weighted by molar-refractivity contribution is 6.36. The first kappa shape index (κ1) is 30.1. The molecule has 3 N–H and O–H groups in total. The lowest BCUT2D eigenvalue weighted by Gasteiger charge is -2.40. The lowest BCUT2D eigenvalue weighted by Crippen LogP contribution is -2.56. The fourth-order valence-electron chi connectivity index (χ4n) is 6.47. The van der Waals surface area contributed by atoms with Crippen molar-refractivity contribution in [2.45, 2.75) is 32.1 Å². The van der Waals surface area contributed by atoms with Crippen molar-refractivity contribution in [3.8, 4) is 17.0 Å². The summed E-state index contributed by atoms with van der Waals surface area (Å²) in [5.41, 5.74) is 5.75. The van der Waals surface area contributed by atoms with E-state index in [4.69, 9.17) is 22.1 Å². The number of rotatable bonds is 3. The molecule has 1 fully saturated rings. The quantitative estimate of drug-likeness (QED) is 0.242. The summed E-state index contributed by atoms with van der Waals surface area (Å²) in [5, 5.41) is 3.04. The Balaban J connectivity index is 1.23. The smallest absolute Gasteiger partial charge is 0.418 e. The van der Waals surface area contributed by atoms with Crippen molar-refractivity contribution in [2.75, 3.05) is 43.4 Å². The Labute approximate surface area is 265 Å². The van der Waals surface area contributed by atoms with Crippen LogP contribution >= 0.6 is 11.6 Å². The van der Waals surface area contributed by atoms with Crippen LogP contribution in [0.25, 0.3) is 28.2 Å². The van der Waals surface area contributed by atoms with Crippen molar-refractivity contribution < 1.29 is 27.1 Å². The molecule has 46 heavy (non-hydrogen) atoms. The molecule has 7 rings (SSSR count). The number of piperazine rings is 1. The van der Waals surface area contributed by atoms with Gasteiger partial charge in [0.25, 0.3) is 0 Å². The Hall–Kier alpha value is -4.56. The molecule has 4 aromatic rings. The van der Waals surface area contributed by atoms with Gasteiger partial charge < -0.3 is 25.6 Å². The van der Waals surface area contributed by atoms with Gasteiger partial charge in [-0.05, 0) is 54.8 Å². The predicted molar refractivity (Wildman–Crippen MR) is 164 cm³/mol. The fraction of sp³-hybridized carbons (Fsp3) is 0.323. The van der Waals surface area contributed by atoms with Crippen LogP contribution in [0.15, 0.2) is 30.7 Å². The van der Waals surface area contributed by atoms with Gasteiger partial charge in [0.15, 0.2) is 11.6 Å². The second kappa shape index (κ2) is 11.4. The van der Waals surface area contributed by atoms with Gasteiger partial charge >= 0.3 is 6.18 Å². The lowest BCUT2D eigenvalue weighted by molar-refractivity contribution is -0.137. The number of benzene rings is 1. The molecule has 238 valence electrons. The molecular weight excluding hydrogens is 628 g/mol. The Morgan fingerprint density at radius 3 is 2.87 bits per heavy atom. The standard InChI is InChI=1S/C31H27ClF4N8O2/c1-15-10-20(37)42-27(24(15)31(34,35)36)22-25(32)29-23-28(26(22)33)40-14-41-30(23)44-9-8-43(12-17(44)13-46-29)21(45)3-2-19-18-11-38-6-4-16(18)5-7-39-19/h2-3,5,7,10,14,17,38H,4,6,8-9,11-13H2,1H3,(H2,37,42)/b3-2+/t17-/m0/s1. The molecule has 0 bridgehead atoms. The molecule has 0 radical (unpaired) electrons. The molecule has 3 aliphatic rings.